The molecule has 0 unspecified atom stereocenters. The number of nitrogens with one attached hydrogen (secondary N) is 1. The second kappa shape index (κ2) is 11.5. The zero-order valence-electron chi connectivity index (χ0n) is 16.5. The maximum atomic E-state index is 11.7. The van der Waals surface area contributed by atoms with Crippen molar-refractivity contribution < 1.29 is 19.4 Å². The van der Waals surface area contributed by atoms with Gasteiger partial charge in [-0.15, -0.1) is 5.10 Å². The van der Waals surface area contributed by atoms with Crippen LogP contribution in [0, 0.1) is 0 Å². The van der Waals surface area contributed by atoms with Gasteiger partial charge in [0.2, 0.25) is 5.13 Å². The molecule has 8 nitrogen and oxygen atoms in total. The maximum Gasteiger partial charge on any atom is 0.414 e. The van der Waals surface area contributed by atoms with Gasteiger partial charge in [-0.3, -0.25) is 10.3 Å². The van der Waals surface area contributed by atoms with Gasteiger partial charge in [0.25, 0.3) is 5.19 Å². The van der Waals surface area contributed by atoms with Crippen LogP contribution in [0.1, 0.15) is 47.5 Å². The molecule has 150 valence electrons. The minimum absolute atomic E-state index is 0.0581. The van der Waals surface area contributed by atoms with E-state index < -0.39 is 11.7 Å². The highest BCUT2D eigenvalue weighted by molar-refractivity contribution is 7.17. The lowest BCUT2D eigenvalue weighted by molar-refractivity contribution is 0.0636. The van der Waals surface area contributed by atoms with Crippen molar-refractivity contribution >= 4 is 28.8 Å². The van der Waals surface area contributed by atoms with Crippen molar-refractivity contribution in [2.45, 2.75) is 53.1 Å². The molecule has 0 aliphatic heterocycles. The zero-order chi connectivity index (χ0) is 20.3. The summed E-state index contributed by atoms with van der Waals surface area (Å²) in [7, 11) is 0. The van der Waals surface area contributed by atoms with Gasteiger partial charge < -0.3 is 14.6 Å². The first-order chi connectivity index (χ1) is 12.8. The van der Waals surface area contributed by atoms with E-state index in [1.54, 1.807) is 27.0 Å². The van der Waals surface area contributed by atoms with Gasteiger partial charge in [-0.1, -0.05) is 30.6 Å². The first kappa shape index (κ1) is 22.8. The minimum Gasteiger partial charge on any atom is -0.462 e. The maximum absolute atomic E-state index is 11.7. The van der Waals surface area contributed by atoms with Gasteiger partial charge in [-0.05, 0) is 51.0 Å². The third-order valence-electron chi connectivity index (χ3n) is 2.97. The first-order valence-corrected chi connectivity index (χ1v) is 9.54. The Morgan fingerprint density at radius 1 is 1.37 bits per heavy atom. The molecule has 0 atom stereocenters. The predicted octanol–water partition coefficient (Wildman–Crippen LogP) is 3.96. The lowest BCUT2D eigenvalue weighted by Gasteiger charge is -2.18. The van der Waals surface area contributed by atoms with Crippen LogP contribution in [0.5, 0.6) is 5.19 Å². The number of aliphatic imine (C=N–C) groups is 1. The van der Waals surface area contributed by atoms with Crippen LogP contribution in [0.4, 0.5) is 9.93 Å². The summed E-state index contributed by atoms with van der Waals surface area (Å²) in [4.78, 5) is 16.0. The summed E-state index contributed by atoms with van der Waals surface area (Å²) in [6.07, 6.45) is 6.70. The molecule has 1 heterocycles. The first-order valence-electron chi connectivity index (χ1n) is 8.72. The number of aliphatic hydroxyl groups is 1. The molecular weight excluding hydrogens is 368 g/mol. The van der Waals surface area contributed by atoms with Gasteiger partial charge in [-0.2, -0.15) is 0 Å². The third kappa shape index (κ3) is 9.86. The molecule has 1 rings (SSSR count). The van der Waals surface area contributed by atoms with Crippen molar-refractivity contribution in [2.24, 2.45) is 4.99 Å². The van der Waals surface area contributed by atoms with Crippen molar-refractivity contribution in [3.63, 3.8) is 0 Å². The molecule has 0 saturated heterocycles. The summed E-state index contributed by atoms with van der Waals surface area (Å²) in [5.41, 5.74) is 0.852. The highest BCUT2D eigenvalue weighted by Crippen LogP contribution is 2.23. The topological polar surface area (TPSA) is 106 Å². The van der Waals surface area contributed by atoms with E-state index in [4.69, 9.17) is 9.47 Å². The molecule has 1 aromatic heterocycles. The number of anilines is 1. The van der Waals surface area contributed by atoms with Crippen LogP contribution in [0.2, 0.25) is 0 Å². The fourth-order valence-corrected chi connectivity index (χ4v) is 2.27. The smallest absolute Gasteiger partial charge is 0.414 e. The highest BCUT2D eigenvalue weighted by Gasteiger charge is 2.17. The van der Waals surface area contributed by atoms with Crippen molar-refractivity contribution in [2.75, 3.05) is 18.5 Å². The Bertz CT molecular complexity index is 690. The van der Waals surface area contributed by atoms with E-state index >= 15 is 0 Å². The number of unbranched alkanes of at least 4 members (excludes halogenated alkanes) is 1. The lowest BCUT2D eigenvalue weighted by Crippen LogP contribution is -2.27. The Morgan fingerprint density at radius 2 is 2.11 bits per heavy atom. The molecular formula is C18H28N4O4S. The third-order valence-corrected chi connectivity index (χ3v) is 3.72. The van der Waals surface area contributed by atoms with E-state index in [1.165, 1.54) is 0 Å². The quantitative estimate of drug-likeness (QED) is 0.612. The Morgan fingerprint density at radius 3 is 2.70 bits per heavy atom. The number of carbonyl (C=O) groups excluding carboxylic acids is 1. The molecule has 0 radical (unpaired) electrons. The Balaban J connectivity index is 2.57. The molecule has 9 heteroatoms. The Labute approximate surface area is 164 Å². The molecule has 0 fully saturated rings. The van der Waals surface area contributed by atoms with Crippen molar-refractivity contribution in [1.82, 2.24) is 10.2 Å². The highest BCUT2D eigenvalue weighted by atomic mass is 32.1. The molecule has 1 amide bonds. The van der Waals surface area contributed by atoms with Crippen LogP contribution < -0.4 is 10.1 Å². The van der Waals surface area contributed by atoms with Gasteiger partial charge >= 0.3 is 6.09 Å². The largest absolute Gasteiger partial charge is 0.462 e. The monoisotopic (exact) mass is 396 g/mol. The summed E-state index contributed by atoms with van der Waals surface area (Å²) in [6.45, 7) is 9.39. The van der Waals surface area contributed by atoms with Crippen LogP contribution in [0.3, 0.4) is 0 Å². The normalized spacial score (nSPS) is 13.1. The van der Waals surface area contributed by atoms with E-state index in [2.05, 4.69) is 27.4 Å². The number of amides is 1. The van der Waals surface area contributed by atoms with Crippen LogP contribution in [0.15, 0.2) is 28.4 Å². The number of allylic oxidation sites excluding steroid dienone is 2. The number of aromatic nitrogens is 2. The number of nitrogens with zero attached hydrogens (tertiary/aromatic N) is 3. The summed E-state index contributed by atoms with van der Waals surface area (Å²) >= 11 is 1.09. The van der Waals surface area contributed by atoms with Crippen molar-refractivity contribution in [1.29, 1.82) is 0 Å². The predicted molar refractivity (Wildman–Crippen MR) is 108 cm³/mol. The van der Waals surface area contributed by atoms with Crippen LogP contribution >= 0.6 is 11.3 Å². The lowest BCUT2D eigenvalue weighted by atomic mass is 10.2. The number of rotatable bonds is 9. The molecule has 0 aromatic carbocycles. The Kier molecular flexibility index (Phi) is 9.66. The average Bonchev–Trinajstić information content (AvgIpc) is 3.03. The van der Waals surface area contributed by atoms with E-state index in [1.807, 2.05) is 19.1 Å². The summed E-state index contributed by atoms with van der Waals surface area (Å²) in [5.74, 6) is 0. The SMILES string of the molecule is C\C=C(COc1nnc(NC(=O)OC(C)(C)C)s1)/N=C/C(=C/CCC)CO. The Hall–Kier alpha value is -2.26. The van der Waals surface area contributed by atoms with Crippen molar-refractivity contribution in [3.05, 3.63) is 23.4 Å². The van der Waals surface area contributed by atoms with Crippen LogP contribution in [0.25, 0.3) is 0 Å². The molecule has 27 heavy (non-hydrogen) atoms. The minimum atomic E-state index is -0.598. The van der Waals surface area contributed by atoms with Gasteiger partial charge in [0.15, 0.2) is 0 Å². The van der Waals surface area contributed by atoms with Gasteiger partial charge in [0.1, 0.15) is 12.2 Å². The van der Waals surface area contributed by atoms with E-state index in [0.29, 0.717) is 10.9 Å². The average molecular weight is 397 g/mol. The molecule has 0 aliphatic carbocycles. The van der Waals surface area contributed by atoms with Crippen LogP contribution in [-0.2, 0) is 4.74 Å². The number of hydrogen-bond acceptors (Lipinski definition) is 8. The van der Waals surface area contributed by atoms with E-state index in [9.17, 15) is 9.90 Å². The van der Waals surface area contributed by atoms with Gasteiger partial charge in [0.05, 0.1) is 12.3 Å². The molecule has 1 aromatic rings. The number of carbonyl (C=O) groups is 1. The van der Waals surface area contributed by atoms with E-state index in [-0.39, 0.29) is 18.3 Å². The fourth-order valence-electron chi connectivity index (χ4n) is 1.69. The second-order valence-corrected chi connectivity index (χ2v) is 7.49. The standard InChI is InChI=1S/C18H28N4O4S/c1-6-8-9-13(11-23)10-19-14(7-2)12-25-17-22-21-15(27-17)20-16(24)26-18(3,4)5/h7,9-10,23H,6,8,11-12H2,1-5H3,(H,20,21,24)/b13-9-,14-7-,19-10+. The summed E-state index contributed by atoms with van der Waals surface area (Å²) in [6, 6.07) is 0. The number of aliphatic hydroxyl groups excluding tert-OH is 1. The zero-order valence-corrected chi connectivity index (χ0v) is 17.3. The van der Waals surface area contributed by atoms with Gasteiger partial charge in [-0.25, -0.2) is 4.79 Å². The molecule has 0 aliphatic rings. The van der Waals surface area contributed by atoms with E-state index in [0.717, 1.165) is 29.8 Å². The summed E-state index contributed by atoms with van der Waals surface area (Å²) < 4.78 is 10.7. The molecule has 0 bridgehead atoms. The number of ether oxygens (including phenoxy) is 2. The van der Waals surface area contributed by atoms with Gasteiger partial charge in [0, 0.05) is 6.21 Å². The molecule has 2 N–H and O–H groups in total. The van der Waals surface area contributed by atoms with Crippen LogP contribution in [-0.4, -0.2) is 46.4 Å². The molecule has 0 spiro atoms. The second-order valence-electron chi connectivity index (χ2n) is 6.55. The fraction of sp³-hybridized carbons (Fsp3) is 0.556. The van der Waals surface area contributed by atoms with Crippen molar-refractivity contribution in [3.8, 4) is 5.19 Å². The summed E-state index contributed by atoms with van der Waals surface area (Å²) in [5, 5.41) is 20.1. The molecule has 0 saturated carbocycles. The number of hydrogen-bond donors (Lipinski definition) is 2.